The van der Waals surface area contributed by atoms with E-state index in [-0.39, 0.29) is 11.8 Å². The van der Waals surface area contributed by atoms with Gasteiger partial charge in [0.15, 0.2) is 11.5 Å². The second kappa shape index (κ2) is 5.80. The first-order valence-electron chi connectivity index (χ1n) is 6.25. The van der Waals surface area contributed by atoms with E-state index in [1.54, 1.807) is 12.1 Å². The van der Waals surface area contributed by atoms with Gasteiger partial charge in [-0.3, -0.25) is 0 Å². The summed E-state index contributed by atoms with van der Waals surface area (Å²) in [6.07, 6.45) is 0. The van der Waals surface area contributed by atoms with Gasteiger partial charge < -0.3 is 19.6 Å². The van der Waals surface area contributed by atoms with Crippen molar-refractivity contribution in [2.24, 2.45) is 0 Å². The van der Waals surface area contributed by atoms with Crippen LogP contribution in [0.3, 0.4) is 0 Å². The van der Waals surface area contributed by atoms with Crippen LogP contribution in [0.5, 0.6) is 11.5 Å². The van der Waals surface area contributed by atoms with Gasteiger partial charge in [-0.05, 0) is 43.7 Å². The van der Waals surface area contributed by atoms with Crippen LogP contribution >= 0.6 is 0 Å². The quantitative estimate of drug-likeness (QED) is 0.868. The maximum Gasteiger partial charge on any atom is 0.160 e. The molecule has 0 aliphatic rings. The number of phenols is 1. The molecule has 19 heavy (non-hydrogen) atoms. The van der Waals surface area contributed by atoms with Gasteiger partial charge in [0.05, 0.1) is 13.2 Å². The second-order valence-corrected chi connectivity index (χ2v) is 4.56. The van der Waals surface area contributed by atoms with Crippen LogP contribution < -0.4 is 10.1 Å². The van der Waals surface area contributed by atoms with Gasteiger partial charge in [-0.25, -0.2) is 0 Å². The zero-order chi connectivity index (χ0) is 13.8. The van der Waals surface area contributed by atoms with Gasteiger partial charge in [0.25, 0.3) is 0 Å². The fourth-order valence-corrected chi connectivity index (χ4v) is 1.90. The Kier molecular flexibility index (Phi) is 4.12. The Balaban J connectivity index is 1.97. The average Bonchev–Trinajstić information content (AvgIpc) is 2.83. The maximum atomic E-state index is 9.71. The minimum atomic E-state index is 0.123. The topological polar surface area (TPSA) is 54.6 Å². The summed E-state index contributed by atoms with van der Waals surface area (Å²) in [5, 5.41) is 13.1. The van der Waals surface area contributed by atoms with E-state index in [0.717, 1.165) is 17.1 Å². The van der Waals surface area contributed by atoms with E-state index in [1.165, 1.54) is 7.11 Å². The summed E-state index contributed by atoms with van der Waals surface area (Å²) in [5.41, 5.74) is 0.994. The lowest BCUT2D eigenvalue weighted by atomic mass is 10.2. The number of nitrogens with one attached hydrogen (secondary N) is 1. The maximum absolute atomic E-state index is 9.71. The molecule has 4 nitrogen and oxygen atoms in total. The van der Waals surface area contributed by atoms with Crippen molar-refractivity contribution in [1.29, 1.82) is 0 Å². The minimum absolute atomic E-state index is 0.123. The van der Waals surface area contributed by atoms with Crippen molar-refractivity contribution in [3.63, 3.8) is 0 Å². The third-order valence-electron chi connectivity index (χ3n) is 3.04. The lowest BCUT2D eigenvalue weighted by Gasteiger charge is -2.12. The van der Waals surface area contributed by atoms with Crippen LogP contribution in [0.2, 0.25) is 0 Å². The van der Waals surface area contributed by atoms with Gasteiger partial charge in [0.2, 0.25) is 0 Å². The third-order valence-corrected chi connectivity index (χ3v) is 3.04. The van der Waals surface area contributed by atoms with Crippen LogP contribution in [-0.4, -0.2) is 12.2 Å². The summed E-state index contributed by atoms with van der Waals surface area (Å²) >= 11 is 0. The lowest BCUT2D eigenvalue weighted by Crippen LogP contribution is -2.17. The number of hydrogen-bond acceptors (Lipinski definition) is 4. The molecule has 1 aromatic carbocycles. The molecular weight excluding hydrogens is 242 g/mol. The van der Waals surface area contributed by atoms with Crippen LogP contribution in [0.25, 0.3) is 0 Å². The zero-order valence-electron chi connectivity index (χ0n) is 11.4. The molecule has 0 radical (unpaired) electrons. The fourth-order valence-electron chi connectivity index (χ4n) is 1.90. The predicted molar refractivity (Wildman–Crippen MR) is 73.4 cm³/mol. The van der Waals surface area contributed by atoms with Crippen molar-refractivity contribution in [3.8, 4) is 11.5 Å². The molecule has 4 heteroatoms. The highest BCUT2D eigenvalue weighted by Gasteiger charge is 2.09. The van der Waals surface area contributed by atoms with Crippen LogP contribution in [0.15, 0.2) is 34.7 Å². The molecule has 2 N–H and O–H groups in total. The Morgan fingerprint density at radius 2 is 2.11 bits per heavy atom. The van der Waals surface area contributed by atoms with Gasteiger partial charge in [-0.1, -0.05) is 6.07 Å². The average molecular weight is 261 g/mol. The number of benzene rings is 1. The number of ether oxygens (including phenoxy) is 1. The van der Waals surface area contributed by atoms with E-state index >= 15 is 0 Å². The molecule has 1 aromatic heterocycles. The molecule has 0 saturated carbocycles. The first kappa shape index (κ1) is 13.5. The Bertz CT molecular complexity index is 548. The molecule has 0 aliphatic carbocycles. The molecule has 2 aromatic rings. The first-order chi connectivity index (χ1) is 9.10. The molecule has 0 unspecified atom stereocenters. The summed E-state index contributed by atoms with van der Waals surface area (Å²) in [7, 11) is 1.54. The molecule has 0 saturated heterocycles. The molecule has 0 spiro atoms. The number of hydrogen-bond donors (Lipinski definition) is 2. The Morgan fingerprint density at radius 1 is 1.32 bits per heavy atom. The molecular formula is C15H19NO3. The van der Waals surface area contributed by atoms with Crippen molar-refractivity contribution in [2.45, 2.75) is 26.4 Å². The van der Waals surface area contributed by atoms with Crippen molar-refractivity contribution in [2.75, 3.05) is 7.11 Å². The van der Waals surface area contributed by atoms with E-state index in [2.05, 4.69) is 5.32 Å². The lowest BCUT2D eigenvalue weighted by molar-refractivity contribution is 0.372. The fraction of sp³-hybridized carbons (Fsp3) is 0.333. The molecule has 0 aliphatic heterocycles. The molecule has 0 fully saturated rings. The third kappa shape index (κ3) is 3.29. The Hall–Kier alpha value is -1.94. The Labute approximate surface area is 113 Å². The first-order valence-corrected chi connectivity index (χ1v) is 6.25. The highest BCUT2D eigenvalue weighted by atomic mass is 16.5. The molecule has 0 amide bonds. The number of rotatable bonds is 5. The number of furan rings is 1. The SMILES string of the molecule is COc1ccc(CN[C@@H](C)c2ccc(C)o2)cc1O. The zero-order valence-corrected chi connectivity index (χ0v) is 11.4. The van der Waals surface area contributed by atoms with Crippen molar-refractivity contribution >= 4 is 0 Å². The van der Waals surface area contributed by atoms with Crippen molar-refractivity contribution < 1.29 is 14.3 Å². The van der Waals surface area contributed by atoms with Crippen LogP contribution in [0.4, 0.5) is 0 Å². The molecule has 1 heterocycles. The van der Waals surface area contributed by atoms with E-state index in [4.69, 9.17) is 9.15 Å². The van der Waals surface area contributed by atoms with E-state index in [0.29, 0.717) is 12.3 Å². The van der Waals surface area contributed by atoms with Gasteiger partial charge in [0.1, 0.15) is 11.5 Å². The standard InChI is InChI=1S/C15H19NO3/c1-10-4-6-14(19-10)11(2)16-9-12-5-7-15(18-3)13(17)8-12/h4-8,11,16-17H,9H2,1-3H3/t11-/m0/s1. The second-order valence-electron chi connectivity index (χ2n) is 4.56. The summed E-state index contributed by atoms with van der Waals surface area (Å²) in [6.45, 7) is 4.62. The van der Waals surface area contributed by atoms with Crippen LogP contribution in [-0.2, 0) is 6.54 Å². The Morgan fingerprint density at radius 3 is 2.68 bits per heavy atom. The molecule has 1 atom stereocenters. The van der Waals surface area contributed by atoms with Gasteiger partial charge in [-0.15, -0.1) is 0 Å². The van der Waals surface area contributed by atoms with Crippen molar-refractivity contribution in [3.05, 3.63) is 47.4 Å². The van der Waals surface area contributed by atoms with Crippen LogP contribution in [0, 0.1) is 6.92 Å². The van der Waals surface area contributed by atoms with Gasteiger partial charge >= 0.3 is 0 Å². The van der Waals surface area contributed by atoms with E-state index in [9.17, 15) is 5.11 Å². The highest BCUT2D eigenvalue weighted by molar-refractivity contribution is 5.41. The number of aryl methyl sites for hydroxylation is 1. The smallest absolute Gasteiger partial charge is 0.160 e. The highest BCUT2D eigenvalue weighted by Crippen LogP contribution is 2.26. The number of phenolic OH excluding ortho intramolecular Hbond substituents is 1. The molecule has 0 bridgehead atoms. The van der Waals surface area contributed by atoms with Crippen molar-refractivity contribution in [1.82, 2.24) is 5.32 Å². The normalized spacial score (nSPS) is 12.4. The number of methoxy groups -OCH3 is 1. The summed E-state index contributed by atoms with van der Waals surface area (Å²) in [6, 6.07) is 9.43. The molecule has 102 valence electrons. The van der Waals surface area contributed by atoms with Gasteiger partial charge in [0, 0.05) is 6.54 Å². The monoisotopic (exact) mass is 261 g/mol. The summed E-state index contributed by atoms with van der Waals surface area (Å²) in [4.78, 5) is 0. The largest absolute Gasteiger partial charge is 0.504 e. The van der Waals surface area contributed by atoms with E-state index in [1.807, 2.05) is 32.0 Å². The number of aromatic hydroxyl groups is 1. The predicted octanol–water partition coefficient (Wildman–Crippen LogP) is 3.15. The summed E-state index contributed by atoms with van der Waals surface area (Å²) < 4.78 is 10.6. The van der Waals surface area contributed by atoms with E-state index < -0.39 is 0 Å². The van der Waals surface area contributed by atoms with Gasteiger partial charge in [-0.2, -0.15) is 0 Å². The van der Waals surface area contributed by atoms with Crippen LogP contribution in [0.1, 0.15) is 30.0 Å². The minimum Gasteiger partial charge on any atom is -0.504 e. The molecule has 2 rings (SSSR count). The summed E-state index contributed by atoms with van der Waals surface area (Å²) in [5.74, 6) is 2.46.